The number of aliphatic hydroxyl groups is 1. The summed E-state index contributed by atoms with van der Waals surface area (Å²) in [5.41, 5.74) is 1.02. The minimum absolute atomic E-state index is 0.347. The van der Waals surface area contributed by atoms with Gasteiger partial charge < -0.3 is 28.8 Å². The summed E-state index contributed by atoms with van der Waals surface area (Å²) < 4.78 is 29.4. The van der Waals surface area contributed by atoms with E-state index in [4.69, 9.17) is 30.1 Å². The molecule has 0 spiro atoms. The molecule has 2 heterocycles. The molecule has 0 radical (unpaired) electrons. The molecule has 27 heavy (non-hydrogen) atoms. The summed E-state index contributed by atoms with van der Waals surface area (Å²) in [5.74, 6) is 1.81. The van der Waals surface area contributed by atoms with Gasteiger partial charge in [-0.1, -0.05) is 30.3 Å². The summed E-state index contributed by atoms with van der Waals surface area (Å²) in [7, 11) is 0. The van der Waals surface area contributed by atoms with E-state index < -0.39 is 30.4 Å². The number of unbranched alkanes of at least 4 members (excludes halogenated alkanes) is 1. The molecule has 3 rings (SSSR count). The second kappa shape index (κ2) is 9.16. The van der Waals surface area contributed by atoms with Crippen molar-refractivity contribution in [3.63, 3.8) is 0 Å². The Hall–Kier alpha value is -1.46. The van der Waals surface area contributed by atoms with Gasteiger partial charge in [-0.25, -0.2) is 0 Å². The first-order valence-corrected chi connectivity index (χ1v) is 9.36. The molecule has 2 fully saturated rings. The Balaban J connectivity index is 1.69. The zero-order valence-electron chi connectivity index (χ0n) is 15.9. The highest BCUT2D eigenvalue weighted by molar-refractivity contribution is 5.13. The van der Waals surface area contributed by atoms with Crippen molar-refractivity contribution < 1.29 is 28.8 Å². The lowest BCUT2D eigenvalue weighted by atomic mass is 9.97. The standard InChI is InChI=1S/C21H28O6/c1-4-5-9-12-23-20-17(22)19(24-13-15-10-7-6-8-11-15)18-16(26-20)14-25-21(2,3)27-18/h1,6-8,10-11,16-20,22H,5,9,12-14H2,2-3H3/t16?,17?,18-,19+,20-/m1/s1. The van der Waals surface area contributed by atoms with Crippen LogP contribution in [0.4, 0.5) is 0 Å². The fourth-order valence-electron chi connectivity index (χ4n) is 3.28. The second-order valence-corrected chi connectivity index (χ2v) is 7.27. The Morgan fingerprint density at radius 3 is 2.78 bits per heavy atom. The van der Waals surface area contributed by atoms with Gasteiger partial charge in [0.1, 0.15) is 24.4 Å². The smallest absolute Gasteiger partial charge is 0.186 e. The number of rotatable bonds is 7. The summed E-state index contributed by atoms with van der Waals surface area (Å²) in [6.45, 7) is 4.79. The molecule has 0 bridgehead atoms. The third kappa shape index (κ3) is 5.29. The summed E-state index contributed by atoms with van der Waals surface area (Å²) in [5, 5.41) is 10.8. The molecule has 5 atom stereocenters. The lowest BCUT2D eigenvalue weighted by Gasteiger charge is -2.49. The van der Waals surface area contributed by atoms with E-state index in [2.05, 4.69) is 5.92 Å². The Labute approximate surface area is 160 Å². The van der Waals surface area contributed by atoms with Gasteiger partial charge in [-0.05, 0) is 25.8 Å². The fourth-order valence-corrected chi connectivity index (χ4v) is 3.28. The van der Waals surface area contributed by atoms with Crippen LogP contribution in [0.15, 0.2) is 30.3 Å². The predicted octanol–water partition coefficient (Wildman–Crippen LogP) is 2.24. The average Bonchev–Trinajstić information content (AvgIpc) is 2.65. The van der Waals surface area contributed by atoms with Crippen molar-refractivity contribution >= 4 is 0 Å². The normalized spacial score (nSPS) is 32.4. The second-order valence-electron chi connectivity index (χ2n) is 7.27. The van der Waals surface area contributed by atoms with E-state index in [1.807, 2.05) is 44.2 Å². The number of fused-ring (bicyclic) bond motifs is 1. The van der Waals surface area contributed by atoms with Gasteiger partial charge in [0.05, 0.1) is 19.8 Å². The molecule has 1 N–H and O–H groups in total. The van der Waals surface area contributed by atoms with Crippen LogP contribution in [0.2, 0.25) is 0 Å². The van der Waals surface area contributed by atoms with Crippen LogP contribution in [0.1, 0.15) is 32.3 Å². The Morgan fingerprint density at radius 2 is 2.04 bits per heavy atom. The van der Waals surface area contributed by atoms with Crippen molar-refractivity contribution in [2.45, 2.75) is 69.8 Å². The van der Waals surface area contributed by atoms with Crippen LogP contribution in [0.25, 0.3) is 0 Å². The first kappa shape index (κ1) is 20.3. The van der Waals surface area contributed by atoms with Crippen LogP contribution in [0, 0.1) is 12.3 Å². The van der Waals surface area contributed by atoms with Crippen molar-refractivity contribution in [3.05, 3.63) is 35.9 Å². The minimum Gasteiger partial charge on any atom is -0.385 e. The summed E-state index contributed by atoms with van der Waals surface area (Å²) in [6, 6.07) is 9.81. The van der Waals surface area contributed by atoms with Crippen molar-refractivity contribution in [1.82, 2.24) is 0 Å². The molecule has 148 valence electrons. The number of ether oxygens (including phenoxy) is 5. The maximum absolute atomic E-state index is 10.8. The molecule has 0 saturated carbocycles. The first-order chi connectivity index (χ1) is 13.0. The van der Waals surface area contributed by atoms with E-state index in [9.17, 15) is 5.11 Å². The number of terminal acetylenes is 1. The molecule has 1 aromatic carbocycles. The van der Waals surface area contributed by atoms with E-state index in [1.54, 1.807) is 0 Å². The van der Waals surface area contributed by atoms with Gasteiger partial charge >= 0.3 is 0 Å². The van der Waals surface area contributed by atoms with Crippen molar-refractivity contribution in [2.24, 2.45) is 0 Å². The molecule has 6 nitrogen and oxygen atoms in total. The van der Waals surface area contributed by atoms with E-state index in [-0.39, 0.29) is 6.10 Å². The van der Waals surface area contributed by atoms with Gasteiger partial charge in [-0.2, -0.15) is 0 Å². The van der Waals surface area contributed by atoms with Gasteiger partial charge in [-0.3, -0.25) is 0 Å². The molecule has 2 unspecified atom stereocenters. The number of benzene rings is 1. The average molecular weight is 376 g/mol. The van der Waals surface area contributed by atoms with E-state index in [1.165, 1.54) is 0 Å². The largest absolute Gasteiger partial charge is 0.385 e. The fraction of sp³-hybridized carbons (Fsp3) is 0.619. The van der Waals surface area contributed by atoms with Crippen LogP contribution < -0.4 is 0 Å². The molecular formula is C21H28O6. The molecule has 2 aliphatic rings. The highest BCUT2D eigenvalue weighted by Crippen LogP contribution is 2.34. The van der Waals surface area contributed by atoms with Gasteiger partial charge in [0.25, 0.3) is 0 Å². The van der Waals surface area contributed by atoms with Gasteiger partial charge in [0.15, 0.2) is 12.1 Å². The van der Waals surface area contributed by atoms with Crippen molar-refractivity contribution in [2.75, 3.05) is 13.2 Å². The molecular weight excluding hydrogens is 348 g/mol. The third-order valence-electron chi connectivity index (χ3n) is 4.66. The van der Waals surface area contributed by atoms with E-state index >= 15 is 0 Å². The van der Waals surface area contributed by atoms with Crippen molar-refractivity contribution in [3.8, 4) is 12.3 Å². The van der Waals surface area contributed by atoms with E-state index in [0.29, 0.717) is 32.7 Å². The molecule has 2 aliphatic heterocycles. The van der Waals surface area contributed by atoms with Gasteiger partial charge in [0.2, 0.25) is 0 Å². The van der Waals surface area contributed by atoms with Gasteiger partial charge in [-0.15, -0.1) is 12.3 Å². The summed E-state index contributed by atoms with van der Waals surface area (Å²) in [6.07, 6.45) is 3.38. The zero-order valence-corrected chi connectivity index (χ0v) is 15.9. The van der Waals surface area contributed by atoms with E-state index in [0.717, 1.165) is 5.56 Å². The highest BCUT2D eigenvalue weighted by atomic mass is 16.8. The Kier molecular flexibility index (Phi) is 6.88. The lowest BCUT2D eigenvalue weighted by Crippen LogP contribution is -2.65. The quantitative estimate of drug-likeness (QED) is 0.582. The van der Waals surface area contributed by atoms with Crippen LogP contribution in [0.3, 0.4) is 0 Å². The maximum Gasteiger partial charge on any atom is 0.186 e. The minimum atomic E-state index is -0.977. The molecule has 6 heteroatoms. The summed E-state index contributed by atoms with van der Waals surface area (Å²) in [4.78, 5) is 0. The van der Waals surface area contributed by atoms with Crippen LogP contribution in [-0.2, 0) is 30.3 Å². The molecule has 1 aromatic rings. The molecule has 2 saturated heterocycles. The van der Waals surface area contributed by atoms with Crippen molar-refractivity contribution in [1.29, 1.82) is 0 Å². The van der Waals surface area contributed by atoms with Crippen LogP contribution in [0.5, 0.6) is 0 Å². The topological polar surface area (TPSA) is 66.4 Å². The number of hydrogen-bond acceptors (Lipinski definition) is 6. The zero-order chi connectivity index (χ0) is 19.3. The Morgan fingerprint density at radius 1 is 1.26 bits per heavy atom. The number of hydrogen-bond donors (Lipinski definition) is 1. The summed E-state index contributed by atoms with van der Waals surface area (Å²) >= 11 is 0. The van der Waals surface area contributed by atoms with Crippen LogP contribution >= 0.6 is 0 Å². The molecule has 0 amide bonds. The SMILES string of the molecule is C#CCCCO[C@@H]1OC2COC(C)(C)O[C@H]2[C@@H](OCc2ccccc2)C1O. The monoisotopic (exact) mass is 376 g/mol. The van der Waals surface area contributed by atoms with Gasteiger partial charge in [0, 0.05) is 6.42 Å². The molecule has 0 aliphatic carbocycles. The number of aliphatic hydroxyl groups excluding tert-OH is 1. The predicted molar refractivity (Wildman–Crippen MR) is 98.6 cm³/mol. The Bertz CT molecular complexity index is 625. The molecule has 0 aromatic heterocycles. The maximum atomic E-state index is 10.8. The van der Waals surface area contributed by atoms with Crippen LogP contribution in [-0.4, -0.2) is 54.8 Å². The highest BCUT2D eigenvalue weighted by Gasteiger charge is 2.51. The third-order valence-corrected chi connectivity index (χ3v) is 4.66. The first-order valence-electron chi connectivity index (χ1n) is 9.36. The lowest BCUT2D eigenvalue weighted by molar-refractivity contribution is -0.386.